The zero-order valence-corrected chi connectivity index (χ0v) is 10.4. The van der Waals surface area contributed by atoms with E-state index in [2.05, 4.69) is 5.32 Å². The van der Waals surface area contributed by atoms with Crippen molar-refractivity contribution in [2.75, 3.05) is 20.3 Å². The Labute approximate surface area is 92.6 Å². The number of hydrogen-bond donors (Lipinski definition) is 1. The first kappa shape index (κ1) is 12.5. The summed E-state index contributed by atoms with van der Waals surface area (Å²) in [5, 5.41) is 3.04. The molecule has 0 atom stereocenters. The fourth-order valence-electron chi connectivity index (χ4n) is 1.54. The second kappa shape index (κ2) is 4.52. The van der Waals surface area contributed by atoms with E-state index in [1.807, 2.05) is 20.8 Å². The van der Waals surface area contributed by atoms with Crippen molar-refractivity contribution >= 4 is 5.91 Å². The summed E-state index contributed by atoms with van der Waals surface area (Å²) in [5.74, 6) is 0.145. The SMILES string of the molecule is COCCC1(CNC(=O)C(C)(C)C)CC1. The van der Waals surface area contributed by atoms with Gasteiger partial charge < -0.3 is 10.1 Å². The molecular weight excluding hydrogens is 190 g/mol. The number of carbonyl (C=O) groups is 1. The van der Waals surface area contributed by atoms with Crippen molar-refractivity contribution in [1.29, 1.82) is 0 Å². The molecule has 1 N–H and O–H groups in total. The van der Waals surface area contributed by atoms with Gasteiger partial charge in [-0.1, -0.05) is 20.8 Å². The van der Waals surface area contributed by atoms with Crippen molar-refractivity contribution in [3.05, 3.63) is 0 Å². The molecule has 0 aromatic heterocycles. The number of ether oxygens (including phenoxy) is 1. The maximum atomic E-state index is 11.7. The number of rotatable bonds is 5. The minimum atomic E-state index is -0.280. The average Bonchev–Trinajstić information content (AvgIpc) is 2.90. The van der Waals surface area contributed by atoms with Crippen LogP contribution in [0.15, 0.2) is 0 Å². The van der Waals surface area contributed by atoms with Crippen molar-refractivity contribution in [3.63, 3.8) is 0 Å². The van der Waals surface area contributed by atoms with Gasteiger partial charge in [-0.15, -0.1) is 0 Å². The fourth-order valence-corrected chi connectivity index (χ4v) is 1.54. The van der Waals surface area contributed by atoms with Gasteiger partial charge in [0.05, 0.1) is 0 Å². The van der Waals surface area contributed by atoms with Gasteiger partial charge in [0.1, 0.15) is 0 Å². The molecule has 1 fully saturated rings. The van der Waals surface area contributed by atoms with Gasteiger partial charge in [-0.05, 0) is 24.7 Å². The molecule has 1 amide bonds. The molecule has 0 aromatic rings. The van der Waals surface area contributed by atoms with Gasteiger partial charge >= 0.3 is 0 Å². The first-order chi connectivity index (χ1) is 6.90. The standard InChI is InChI=1S/C12H23NO2/c1-11(2,3)10(14)13-9-12(5-6-12)7-8-15-4/h5-9H2,1-4H3,(H,13,14). The Kier molecular flexibility index (Phi) is 3.77. The third kappa shape index (κ3) is 3.82. The molecule has 0 aromatic carbocycles. The van der Waals surface area contributed by atoms with E-state index >= 15 is 0 Å². The van der Waals surface area contributed by atoms with Gasteiger partial charge in [0.2, 0.25) is 5.91 Å². The number of carbonyl (C=O) groups excluding carboxylic acids is 1. The van der Waals surface area contributed by atoms with E-state index in [-0.39, 0.29) is 11.3 Å². The fraction of sp³-hybridized carbons (Fsp3) is 0.917. The molecule has 0 saturated heterocycles. The van der Waals surface area contributed by atoms with E-state index in [0.29, 0.717) is 5.41 Å². The van der Waals surface area contributed by atoms with Gasteiger partial charge in [-0.25, -0.2) is 0 Å². The topological polar surface area (TPSA) is 38.3 Å². The maximum Gasteiger partial charge on any atom is 0.225 e. The Balaban J connectivity index is 2.28. The van der Waals surface area contributed by atoms with E-state index in [9.17, 15) is 4.79 Å². The first-order valence-electron chi connectivity index (χ1n) is 5.67. The lowest BCUT2D eigenvalue weighted by Crippen LogP contribution is -2.38. The van der Waals surface area contributed by atoms with Crippen molar-refractivity contribution in [2.45, 2.75) is 40.0 Å². The van der Waals surface area contributed by atoms with Gasteiger partial charge in [-0.2, -0.15) is 0 Å². The number of amides is 1. The maximum absolute atomic E-state index is 11.7. The lowest BCUT2D eigenvalue weighted by atomic mass is 9.94. The average molecular weight is 213 g/mol. The molecule has 0 aliphatic heterocycles. The summed E-state index contributed by atoms with van der Waals surface area (Å²) in [7, 11) is 1.73. The molecule has 0 bridgehead atoms. The second-order valence-corrected chi connectivity index (χ2v) is 5.68. The third-order valence-corrected chi connectivity index (χ3v) is 3.10. The summed E-state index contributed by atoms with van der Waals surface area (Å²) >= 11 is 0. The molecule has 1 aliphatic rings. The van der Waals surface area contributed by atoms with E-state index in [0.717, 1.165) is 19.6 Å². The number of nitrogens with one attached hydrogen (secondary N) is 1. The predicted octanol–water partition coefficient (Wildman–Crippen LogP) is 1.97. The number of methoxy groups -OCH3 is 1. The van der Waals surface area contributed by atoms with Crippen molar-refractivity contribution in [1.82, 2.24) is 5.32 Å². The molecule has 0 unspecified atom stereocenters. The Morgan fingerprint density at radius 1 is 1.40 bits per heavy atom. The van der Waals surface area contributed by atoms with E-state index in [4.69, 9.17) is 4.74 Å². The highest BCUT2D eigenvalue weighted by atomic mass is 16.5. The molecule has 1 rings (SSSR count). The monoisotopic (exact) mass is 213 g/mol. The Bertz CT molecular complexity index is 226. The number of hydrogen-bond acceptors (Lipinski definition) is 2. The van der Waals surface area contributed by atoms with Crippen LogP contribution in [0.3, 0.4) is 0 Å². The Morgan fingerprint density at radius 3 is 2.40 bits per heavy atom. The zero-order chi connectivity index (χ0) is 11.5. The molecule has 0 spiro atoms. The molecular formula is C12H23NO2. The predicted molar refractivity (Wildman–Crippen MR) is 60.6 cm³/mol. The quantitative estimate of drug-likeness (QED) is 0.758. The van der Waals surface area contributed by atoms with Gasteiger partial charge in [-0.3, -0.25) is 4.79 Å². The molecule has 3 nitrogen and oxygen atoms in total. The Morgan fingerprint density at radius 2 is 2.00 bits per heavy atom. The van der Waals surface area contributed by atoms with Crippen LogP contribution in [0, 0.1) is 10.8 Å². The van der Waals surface area contributed by atoms with E-state index < -0.39 is 0 Å². The molecule has 0 radical (unpaired) electrons. The van der Waals surface area contributed by atoms with Crippen LogP contribution in [0.25, 0.3) is 0 Å². The second-order valence-electron chi connectivity index (χ2n) is 5.68. The summed E-state index contributed by atoms with van der Waals surface area (Å²) < 4.78 is 5.08. The molecule has 15 heavy (non-hydrogen) atoms. The van der Waals surface area contributed by atoms with E-state index in [1.54, 1.807) is 7.11 Å². The minimum Gasteiger partial charge on any atom is -0.385 e. The molecule has 1 aliphatic carbocycles. The summed E-state index contributed by atoms with van der Waals surface area (Å²) in [6.45, 7) is 7.43. The Hall–Kier alpha value is -0.570. The zero-order valence-electron chi connectivity index (χ0n) is 10.4. The van der Waals surface area contributed by atoms with Crippen LogP contribution in [-0.2, 0) is 9.53 Å². The van der Waals surface area contributed by atoms with Crippen LogP contribution >= 0.6 is 0 Å². The van der Waals surface area contributed by atoms with Gasteiger partial charge in [0.25, 0.3) is 0 Å². The minimum absolute atomic E-state index is 0.145. The van der Waals surface area contributed by atoms with Crippen LogP contribution in [0.2, 0.25) is 0 Å². The summed E-state index contributed by atoms with van der Waals surface area (Å²) in [5.41, 5.74) is 0.0637. The summed E-state index contributed by atoms with van der Waals surface area (Å²) in [6.07, 6.45) is 3.51. The van der Waals surface area contributed by atoms with E-state index in [1.165, 1.54) is 12.8 Å². The smallest absolute Gasteiger partial charge is 0.225 e. The molecule has 88 valence electrons. The highest BCUT2D eigenvalue weighted by Gasteiger charge is 2.42. The lowest BCUT2D eigenvalue weighted by Gasteiger charge is -2.21. The highest BCUT2D eigenvalue weighted by Crippen LogP contribution is 2.48. The van der Waals surface area contributed by atoms with Crippen molar-refractivity contribution in [3.8, 4) is 0 Å². The third-order valence-electron chi connectivity index (χ3n) is 3.10. The lowest BCUT2D eigenvalue weighted by molar-refractivity contribution is -0.128. The molecule has 1 saturated carbocycles. The van der Waals surface area contributed by atoms with Crippen LogP contribution in [0.5, 0.6) is 0 Å². The first-order valence-corrected chi connectivity index (χ1v) is 5.67. The van der Waals surface area contributed by atoms with Gasteiger partial charge in [0.15, 0.2) is 0 Å². The van der Waals surface area contributed by atoms with Crippen molar-refractivity contribution in [2.24, 2.45) is 10.8 Å². The van der Waals surface area contributed by atoms with Gasteiger partial charge in [0, 0.05) is 25.7 Å². The summed E-state index contributed by atoms with van der Waals surface area (Å²) in [4.78, 5) is 11.7. The van der Waals surface area contributed by atoms with Crippen LogP contribution in [0.4, 0.5) is 0 Å². The highest BCUT2D eigenvalue weighted by molar-refractivity contribution is 5.81. The van der Waals surface area contributed by atoms with Crippen LogP contribution < -0.4 is 5.32 Å². The van der Waals surface area contributed by atoms with Crippen molar-refractivity contribution < 1.29 is 9.53 Å². The van der Waals surface area contributed by atoms with Crippen LogP contribution in [-0.4, -0.2) is 26.2 Å². The normalized spacial score (nSPS) is 18.7. The van der Waals surface area contributed by atoms with Crippen LogP contribution in [0.1, 0.15) is 40.0 Å². The summed E-state index contributed by atoms with van der Waals surface area (Å²) in [6, 6.07) is 0. The molecule has 0 heterocycles. The molecule has 3 heteroatoms. The largest absolute Gasteiger partial charge is 0.385 e.